The average molecular weight is 450 g/mol. The summed E-state index contributed by atoms with van der Waals surface area (Å²) in [5.41, 5.74) is 2.90. The van der Waals surface area contributed by atoms with Gasteiger partial charge in [0, 0.05) is 29.7 Å². The molecule has 0 saturated carbocycles. The molecule has 0 bridgehead atoms. The van der Waals surface area contributed by atoms with Crippen molar-refractivity contribution >= 4 is 17.7 Å². The number of carbonyl (C=O) groups is 2. The van der Waals surface area contributed by atoms with E-state index in [2.05, 4.69) is 15.5 Å². The van der Waals surface area contributed by atoms with Gasteiger partial charge in [-0.3, -0.25) is 9.89 Å². The maximum atomic E-state index is 12.1. The van der Waals surface area contributed by atoms with Gasteiger partial charge in [-0.15, -0.1) is 0 Å². The van der Waals surface area contributed by atoms with Crippen molar-refractivity contribution in [2.45, 2.75) is 38.5 Å². The van der Waals surface area contributed by atoms with E-state index in [4.69, 9.17) is 14.2 Å². The lowest BCUT2D eigenvalue weighted by Crippen LogP contribution is -2.23. The molecule has 0 fully saturated rings. The predicted molar refractivity (Wildman–Crippen MR) is 123 cm³/mol. The molecule has 0 radical (unpaired) electrons. The van der Waals surface area contributed by atoms with Gasteiger partial charge in [-0.1, -0.05) is 26.8 Å². The zero-order valence-corrected chi connectivity index (χ0v) is 19.3. The van der Waals surface area contributed by atoms with Crippen LogP contribution in [0.15, 0.2) is 42.6 Å². The van der Waals surface area contributed by atoms with Crippen LogP contribution in [-0.4, -0.2) is 36.3 Å². The molecule has 1 aliphatic rings. The van der Waals surface area contributed by atoms with Crippen LogP contribution in [-0.2, 0) is 14.9 Å². The Balaban J connectivity index is 1.69. The smallest absolute Gasteiger partial charge is 0.337 e. The minimum atomic E-state index is -0.399. The first-order valence-corrected chi connectivity index (χ1v) is 10.6. The Labute approximate surface area is 192 Å². The third-order valence-electron chi connectivity index (χ3n) is 5.71. The second kappa shape index (κ2) is 8.61. The second-order valence-corrected chi connectivity index (χ2v) is 8.96. The largest absolute Gasteiger partial charge is 0.493 e. The molecule has 2 aromatic carbocycles. The molecular weight excluding hydrogens is 422 g/mol. The van der Waals surface area contributed by atoms with E-state index in [9.17, 15) is 9.59 Å². The number of ether oxygens (including phenoxy) is 3. The van der Waals surface area contributed by atoms with Crippen molar-refractivity contribution in [1.82, 2.24) is 10.2 Å². The summed E-state index contributed by atoms with van der Waals surface area (Å²) in [6.45, 7) is 6.15. The Morgan fingerprint density at radius 2 is 1.82 bits per heavy atom. The van der Waals surface area contributed by atoms with Gasteiger partial charge in [-0.25, -0.2) is 4.79 Å². The predicted octanol–water partition coefficient (Wildman–Crippen LogP) is 4.77. The highest BCUT2D eigenvalue weighted by Gasteiger charge is 2.29. The summed E-state index contributed by atoms with van der Waals surface area (Å²) in [6, 6.07) is 10.9. The van der Waals surface area contributed by atoms with Crippen LogP contribution in [0.3, 0.4) is 0 Å². The SMILES string of the molecule is COC(=O)c1ccc(Oc2ccc(C3CC(=O)Nc4n[nH]cc43)cc2OC)c(C(C)(C)C)c1. The number of methoxy groups -OCH3 is 2. The number of esters is 1. The van der Waals surface area contributed by atoms with Crippen LogP contribution in [0.5, 0.6) is 17.2 Å². The number of aromatic amines is 1. The van der Waals surface area contributed by atoms with Crippen molar-refractivity contribution in [1.29, 1.82) is 0 Å². The van der Waals surface area contributed by atoms with E-state index in [1.165, 1.54) is 7.11 Å². The lowest BCUT2D eigenvalue weighted by molar-refractivity contribution is -0.116. The molecule has 8 nitrogen and oxygen atoms in total. The van der Waals surface area contributed by atoms with Crippen LogP contribution < -0.4 is 14.8 Å². The zero-order valence-electron chi connectivity index (χ0n) is 19.3. The standard InChI is InChI=1S/C25H27N3O5/c1-25(2,3)18-10-15(24(30)32-5)7-8-19(18)33-20-9-6-14(11-21(20)31-4)16-12-22(29)27-23-17(16)13-26-28-23/h6-11,13,16H,12H2,1-5H3,(H2,26,27,28,29). The van der Waals surface area contributed by atoms with Gasteiger partial charge in [0.1, 0.15) is 5.75 Å². The van der Waals surface area contributed by atoms with Crippen LogP contribution in [0.1, 0.15) is 60.2 Å². The van der Waals surface area contributed by atoms with Crippen LogP contribution in [0.25, 0.3) is 0 Å². The summed E-state index contributed by atoms with van der Waals surface area (Å²) in [5, 5.41) is 9.71. The number of rotatable bonds is 5. The molecule has 0 aliphatic carbocycles. The number of anilines is 1. The number of hydrogen-bond donors (Lipinski definition) is 2. The zero-order chi connectivity index (χ0) is 23.8. The molecule has 2 N–H and O–H groups in total. The Morgan fingerprint density at radius 3 is 2.52 bits per heavy atom. The normalized spacial score (nSPS) is 15.4. The maximum absolute atomic E-state index is 12.1. The van der Waals surface area contributed by atoms with Crippen LogP contribution in [0.2, 0.25) is 0 Å². The van der Waals surface area contributed by atoms with Crippen molar-refractivity contribution in [3.63, 3.8) is 0 Å². The molecule has 1 aliphatic heterocycles. The molecule has 172 valence electrons. The molecule has 1 atom stereocenters. The number of nitrogens with one attached hydrogen (secondary N) is 2. The van der Waals surface area contributed by atoms with Gasteiger partial charge in [0.05, 0.1) is 19.8 Å². The quantitative estimate of drug-likeness (QED) is 0.544. The lowest BCUT2D eigenvalue weighted by Gasteiger charge is -2.25. The van der Waals surface area contributed by atoms with Crippen molar-refractivity contribution in [2.75, 3.05) is 19.5 Å². The number of aromatic nitrogens is 2. The van der Waals surface area contributed by atoms with Gasteiger partial charge in [-0.05, 0) is 41.3 Å². The van der Waals surface area contributed by atoms with E-state index < -0.39 is 5.97 Å². The molecule has 1 aromatic heterocycles. The fourth-order valence-corrected chi connectivity index (χ4v) is 3.99. The van der Waals surface area contributed by atoms with E-state index in [0.29, 0.717) is 35.1 Å². The molecule has 3 aromatic rings. The molecule has 8 heteroatoms. The Hall–Kier alpha value is -3.81. The van der Waals surface area contributed by atoms with Crippen LogP contribution in [0.4, 0.5) is 5.82 Å². The number of hydrogen-bond acceptors (Lipinski definition) is 6. The fourth-order valence-electron chi connectivity index (χ4n) is 3.99. The van der Waals surface area contributed by atoms with Crippen molar-refractivity contribution in [3.05, 3.63) is 64.8 Å². The minimum absolute atomic E-state index is 0.0839. The van der Waals surface area contributed by atoms with E-state index in [0.717, 1.165) is 16.7 Å². The summed E-state index contributed by atoms with van der Waals surface area (Å²) in [4.78, 5) is 24.2. The third-order valence-corrected chi connectivity index (χ3v) is 5.71. The Morgan fingerprint density at radius 1 is 1.06 bits per heavy atom. The monoisotopic (exact) mass is 449 g/mol. The van der Waals surface area contributed by atoms with E-state index >= 15 is 0 Å². The summed E-state index contributed by atoms with van der Waals surface area (Å²) >= 11 is 0. The summed E-state index contributed by atoms with van der Waals surface area (Å²) in [7, 11) is 2.94. The molecule has 1 amide bonds. The minimum Gasteiger partial charge on any atom is -0.493 e. The van der Waals surface area contributed by atoms with Gasteiger partial charge < -0.3 is 19.5 Å². The molecule has 4 rings (SSSR count). The first-order chi connectivity index (χ1) is 15.7. The highest BCUT2D eigenvalue weighted by atomic mass is 16.5. The number of amides is 1. The molecule has 33 heavy (non-hydrogen) atoms. The number of fused-ring (bicyclic) bond motifs is 1. The lowest BCUT2D eigenvalue weighted by atomic mass is 9.85. The maximum Gasteiger partial charge on any atom is 0.337 e. The third kappa shape index (κ3) is 4.41. The molecule has 0 spiro atoms. The van der Waals surface area contributed by atoms with E-state index in [1.807, 2.05) is 39.0 Å². The van der Waals surface area contributed by atoms with Gasteiger partial charge in [-0.2, -0.15) is 5.10 Å². The summed E-state index contributed by atoms with van der Waals surface area (Å²) < 4.78 is 16.8. The van der Waals surface area contributed by atoms with E-state index in [1.54, 1.807) is 31.5 Å². The van der Waals surface area contributed by atoms with Crippen LogP contribution >= 0.6 is 0 Å². The van der Waals surface area contributed by atoms with Crippen molar-refractivity contribution in [3.8, 4) is 17.2 Å². The molecule has 0 saturated heterocycles. The molecular formula is C25H27N3O5. The van der Waals surface area contributed by atoms with Gasteiger partial charge >= 0.3 is 5.97 Å². The van der Waals surface area contributed by atoms with Crippen molar-refractivity contribution in [2.24, 2.45) is 0 Å². The Kier molecular flexibility index (Phi) is 5.84. The number of H-pyrrole nitrogens is 1. The van der Waals surface area contributed by atoms with Crippen molar-refractivity contribution < 1.29 is 23.8 Å². The molecule has 1 unspecified atom stereocenters. The summed E-state index contributed by atoms with van der Waals surface area (Å²) in [6.07, 6.45) is 2.12. The Bertz CT molecular complexity index is 1210. The van der Waals surface area contributed by atoms with Gasteiger partial charge in [0.2, 0.25) is 5.91 Å². The van der Waals surface area contributed by atoms with Gasteiger partial charge in [0.15, 0.2) is 17.3 Å². The highest BCUT2D eigenvalue weighted by molar-refractivity contribution is 5.94. The van der Waals surface area contributed by atoms with Crippen LogP contribution in [0, 0.1) is 0 Å². The highest BCUT2D eigenvalue weighted by Crippen LogP contribution is 2.42. The molecule has 2 heterocycles. The van der Waals surface area contributed by atoms with E-state index in [-0.39, 0.29) is 17.2 Å². The fraction of sp³-hybridized carbons (Fsp3) is 0.320. The number of carbonyl (C=O) groups excluding carboxylic acids is 2. The number of benzene rings is 2. The average Bonchev–Trinajstić information content (AvgIpc) is 3.26. The summed E-state index contributed by atoms with van der Waals surface area (Å²) in [5.74, 6) is 1.63. The van der Waals surface area contributed by atoms with Gasteiger partial charge in [0.25, 0.3) is 0 Å². The topological polar surface area (TPSA) is 103 Å². The first-order valence-electron chi connectivity index (χ1n) is 10.6. The number of nitrogens with zero attached hydrogens (tertiary/aromatic N) is 1. The first kappa shape index (κ1) is 22.4. The second-order valence-electron chi connectivity index (χ2n) is 8.96.